The molecule has 2 rings (SSSR count). The number of hydrogen-bond donors (Lipinski definition) is 1. The molecule has 0 aliphatic rings. The number of aliphatic hydroxyl groups excluding tert-OH is 1. The fraction of sp³-hybridized carbons (Fsp3) is 0.357. The monoisotopic (exact) mass is 297 g/mol. The van der Waals surface area contributed by atoms with Gasteiger partial charge >= 0.3 is 0 Å². The zero-order valence-corrected chi connectivity index (χ0v) is 12.7. The maximum atomic E-state index is 9.07. The lowest BCUT2D eigenvalue weighted by molar-refractivity contribution is 0.285. The van der Waals surface area contributed by atoms with Crippen LogP contribution < -0.4 is 4.74 Å². The van der Waals surface area contributed by atoms with Crippen LogP contribution in [0.1, 0.15) is 35.8 Å². The summed E-state index contributed by atoms with van der Waals surface area (Å²) in [6, 6.07) is 5.98. The van der Waals surface area contributed by atoms with Crippen molar-refractivity contribution < 1.29 is 9.84 Å². The van der Waals surface area contributed by atoms with Gasteiger partial charge in [-0.05, 0) is 36.1 Å². The first kappa shape index (κ1) is 14.3. The second kappa shape index (κ2) is 5.90. The average Bonchev–Trinajstić information content (AvgIpc) is 2.69. The quantitative estimate of drug-likeness (QED) is 0.902. The van der Waals surface area contributed by atoms with E-state index in [0.717, 1.165) is 5.75 Å². The van der Waals surface area contributed by atoms with Gasteiger partial charge in [-0.15, -0.1) is 0 Å². The van der Waals surface area contributed by atoms with E-state index in [1.54, 1.807) is 0 Å². The summed E-state index contributed by atoms with van der Waals surface area (Å²) in [5.74, 6) is 1.22. The largest absolute Gasteiger partial charge is 0.431 e. The van der Waals surface area contributed by atoms with Gasteiger partial charge in [-0.1, -0.05) is 42.9 Å². The van der Waals surface area contributed by atoms with E-state index in [2.05, 4.69) is 31.8 Å². The Bertz CT molecular complexity index is 581. The summed E-state index contributed by atoms with van der Waals surface area (Å²) in [7, 11) is 0. The van der Waals surface area contributed by atoms with Crippen LogP contribution in [0.4, 0.5) is 0 Å². The van der Waals surface area contributed by atoms with Crippen molar-refractivity contribution in [1.82, 2.24) is 4.98 Å². The van der Waals surface area contributed by atoms with E-state index in [1.165, 1.54) is 22.5 Å². The Morgan fingerprint density at radius 1 is 1.42 bits per heavy atom. The number of rotatable bonds is 4. The minimum Gasteiger partial charge on any atom is -0.431 e. The van der Waals surface area contributed by atoms with E-state index >= 15 is 0 Å². The third kappa shape index (κ3) is 3.26. The molecule has 1 N–H and O–H groups in total. The number of halogens is 1. The molecule has 0 fully saturated rings. The Morgan fingerprint density at radius 2 is 2.16 bits per heavy atom. The highest BCUT2D eigenvalue weighted by atomic mass is 35.5. The molecule has 2 aromatic rings. The molecule has 102 valence electrons. The van der Waals surface area contributed by atoms with Crippen molar-refractivity contribution in [3.63, 3.8) is 0 Å². The van der Waals surface area contributed by atoms with E-state index in [1.807, 2.05) is 12.1 Å². The van der Waals surface area contributed by atoms with Crippen molar-refractivity contribution in [2.24, 2.45) is 0 Å². The Kier molecular flexibility index (Phi) is 4.45. The van der Waals surface area contributed by atoms with E-state index in [0.29, 0.717) is 21.1 Å². The third-order valence-electron chi connectivity index (χ3n) is 2.84. The molecule has 0 unspecified atom stereocenters. The van der Waals surface area contributed by atoms with E-state index in [9.17, 15) is 0 Å². The molecule has 0 saturated heterocycles. The first-order valence-corrected chi connectivity index (χ1v) is 7.25. The second-order valence-corrected chi connectivity index (χ2v) is 6.03. The zero-order valence-electron chi connectivity index (χ0n) is 11.1. The van der Waals surface area contributed by atoms with Gasteiger partial charge in [0, 0.05) is 0 Å². The van der Waals surface area contributed by atoms with Gasteiger partial charge < -0.3 is 9.84 Å². The molecule has 0 amide bonds. The summed E-state index contributed by atoms with van der Waals surface area (Å²) in [5.41, 5.74) is 2.50. The normalized spacial score (nSPS) is 11.1. The van der Waals surface area contributed by atoms with Crippen LogP contribution >= 0.6 is 22.9 Å². The van der Waals surface area contributed by atoms with Gasteiger partial charge in [0.15, 0.2) is 0 Å². The van der Waals surface area contributed by atoms with Gasteiger partial charge in [0.05, 0.1) is 11.5 Å². The van der Waals surface area contributed by atoms with Gasteiger partial charge in [-0.2, -0.15) is 4.98 Å². The Balaban J connectivity index is 2.21. The number of aliphatic hydroxyl groups is 1. The maximum absolute atomic E-state index is 9.07. The van der Waals surface area contributed by atoms with Crippen LogP contribution in [-0.2, 0) is 6.61 Å². The molecule has 0 saturated carbocycles. The second-order valence-electron chi connectivity index (χ2n) is 4.63. The maximum Gasteiger partial charge on any atom is 0.280 e. The lowest BCUT2D eigenvalue weighted by atomic mass is 9.98. The summed E-state index contributed by atoms with van der Waals surface area (Å²) >= 11 is 7.12. The van der Waals surface area contributed by atoms with Gasteiger partial charge in [0.1, 0.15) is 10.9 Å². The highest BCUT2D eigenvalue weighted by molar-refractivity contribution is 7.13. The number of nitrogens with zero attached hydrogens (tertiary/aromatic N) is 1. The summed E-state index contributed by atoms with van der Waals surface area (Å²) in [6.07, 6.45) is 0. The molecule has 1 heterocycles. The standard InChI is InChI=1S/C14H16ClNO2S/c1-8(2)11-5-4-10(6-9(11)3)18-14-16-13(15)12(7-17)19-14/h4-6,8,17H,7H2,1-3H3. The Morgan fingerprint density at radius 3 is 2.68 bits per heavy atom. The molecule has 0 atom stereocenters. The van der Waals surface area contributed by atoms with Crippen molar-refractivity contribution in [1.29, 1.82) is 0 Å². The van der Waals surface area contributed by atoms with E-state index < -0.39 is 0 Å². The summed E-state index contributed by atoms with van der Waals surface area (Å²) in [4.78, 5) is 4.68. The van der Waals surface area contributed by atoms with Crippen LogP contribution in [0.15, 0.2) is 18.2 Å². The molecule has 1 aromatic carbocycles. The minimum absolute atomic E-state index is 0.120. The fourth-order valence-electron chi connectivity index (χ4n) is 1.91. The van der Waals surface area contributed by atoms with Gasteiger partial charge in [0.25, 0.3) is 5.19 Å². The van der Waals surface area contributed by atoms with Crippen LogP contribution in [0.5, 0.6) is 10.9 Å². The lowest BCUT2D eigenvalue weighted by Gasteiger charge is -2.11. The molecular weight excluding hydrogens is 282 g/mol. The smallest absolute Gasteiger partial charge is 0.280 e. The first-order valence-electron chi connectivity index (χ1n) is 6.05. The van der Waals surface area contributed by atoms with Crippen LogP contribution in [0.3, 0.4) is 0 Å². The SMILES string of the molecule is Cc1cc(Oc2nc(Cl)c(CO)s2)ccc1C(C)C. The average molecular weight is 298 g/mol. The molecule has 0 aliphatic heterocycles. The summed E-state index contributed by atoms with van der Waals surface area (Å²) in [5, 5.41) is 9.82. The molecule has 0 spiro atoms. The number of hydrogen-bond acceptors (Lipinski definition) is 4. The highest BCUT2D eigenvalue weighted by Gasteiger charge is 2.11. The predicted octanol–water partition coefficient (Wildman–Crippen LogP) is 4.51. The highest BCUT2D eigenvalue weighted by Crippen LogP contribution is 2.33. The Labute approximate surface area is 121 Å². The van der Waals surface area contributed by atoms with Crippen LogP contribution in [0, 0.1) is 6.92 Å². The zero-order chi connectivity index (χ0) is 14.0. The third-order valence-corrected chi connectivity index (χ3v) is 4.18. The number of thiazole rings is 1. The molecule has 19 heavy (non-hydrogen) atoms. The number of aromatic nitrogens is 1. The van der Waals surface area contributed by atoms with Crippen LogP contribution in [0.2, 0.25) is 5.15 Å². The van der Waals surface area contributed by atoms with Crippen molar-refractivity contribution in [2.75, 3.05) is 0 Å². The van der Waals surface area contributed by atoms with Crippen LogP contribution in [-0.4, -0.2) is 10.1 Å². The summed E-state index contributed by atoms with van der Waals surface area (Å²) < 4.78 is 5.67. The molecule has 3 nitrogen and oxygen atoms in total. The predicted molar refractivity (Wildman–Crippen MR) is 78.4 cm³/mol. The molecule has 0 aliphatic carbocycles. The van der Waals surface area contributed by atoms with Gasteiger partial charge in [0.2, 0.25) is 0 Å². The lowest BCUT2D eigenvalue weighted by Crippen LogP contribution is -1.92. The number of aryl methyl sites for hydroxylation is 1. The minimum atomic E-state index is -0.120. The van der Waals surface area contributed by atoms with Crippen LogP contribution in [0.25, 0.3) is 0 Å². The van der Waals surface area contributed by atoms with E-state index in [-0.39, 0.29) is 6.61 Å². The van der Waals surface area contributed by atoms with Gasteiger partial charge in [-0.25, -0.2) is 0 Å². The van der Waals surface area contributed by atoms with E-state index in [4.69, 9.17) is 21.4 Å². The molecule has 0 bridgehead atoms. The number of benzene rings is 1. The molecular formula is C14H16ClNO2S. The fourth-order valence-corrected chi connectivity index (χ4v) is 2.90. The molecule has 5 heteroatoms. The molecule has 0 radical (unpaired) electrons. The topological polar surface area (TPSA) is 42.4 Å². The van der Waals surface area contributed by atoms with Crippen molar-refractivity contribution in [3.8, 4) is 10.9 Å². The number of ether oxygens (including phenoxy) is 1. The Hall–Kier alpha value is -1.10. The first-order chi connectivity index (χ1) is 9.01. The van der Waals surface area contributed by atoms with Gasteiger partial charge in [-0.3, -0.25) is 0 Å². The van der Waals surface area contributed by atoms with Crippen molar-refractivity contribution in [3.05, 3.63) is 39.4 Å². The molecule has 1 aromatic heterocycles. The van der Waals surface area contributed by atoms with Crippen molar-refractivity contribution >= 4 is 22.9 Å². The van der Waals surface area contributed by atoms with Crippen molar-refractivity contribution in [2.45, 2.75) is 33.3 Å². The summed E-state index contributed by atoms with van der Waals surface area (Å²) in [6.45, 7) is 6.27.